The molecule has 0 aliphatic rings. The molecule has 0 saturated carbocycles. The maximum absolute atomic E-state index is 10.2. The Labute approximate surface area is 75.3 Å². The molecule has 0 aromatic carbocycles. The Hall–Kier alpha value is -0.530. The summed E-state index contributed by atoms with van der Waals surface area (Å²) in [4.78, 5) is 10.2. The van der Waals surface area contributed by atoms with Crippen LogP contribution in [0.1, 0.15) is 47.0 Å². The molecule has 0 spiro atoms. The van der Waals surface area contributed by atoms with Crippen molar-refractivity contribution in [2.75, 3.05) is 0 Å². The summed E-state index contributed by atoms with van der Waals surface area (Å²) < 4.78 is 5.05. The zero-order chi connectivity index (χ0) is 9.61. The molecule has 0 bridgehead atoms. The van der Waals surface area contributed by atoms with Crippen molar-refractivity contribution in [3.8, 4) is 0 Å². The summed E-state index contributed by atoms with van der Waals surface area (Å²) in [5.74, 6) is 0.479. The second-order valence-electron chi connectivity index (χ2n) is 3.71. The molecule has 0 aliphatic carbocycles. The van der Waals surface area contributed by atoms with Crippen molar-refractivity contribution >= 4 is 6.47 Å². The van der Waals surface area contributed by atoms with Gasteiger partial charge in [-0.2, -0.15) is 0 Å². The van der Waals surface area contributed by atoms with Gasteiger partial charge in [-0.05, 0) is 32.6 Å². The minimum atomic E-state index is -0.299. The smallest absolute Gasteiger partial charge is 0.293 e. The molecular weight excluding hydrogens is 152 g/mol. The molecule has 0 rings (SSSR count). The third-order valence-electron chi connectivity index (χ3n) is 2.46. The van der Waals surface area contributed by atoms with E-state index in [2.05, 4.69) is 13.8 Å². The van der Waals surface area contributed by atoms with Crippen LogP contribution in [0.25, 0.3) is 0 Å². The van der Waals surface area contributed by atoms with E-state index in [-0.39, 0.29) is 5.60 Å². The lowest BCUT2D eigenvalue weighted by Gasteiger charge is -2.31. The van der Waals surface area contributed by atoms with Crippen molar-refractivity contribution in [1.29, 1.82) is 0 Å². The molecule has 72 valence electrons. The third-order valence-corrected chi connectivity index (χ3v) is 2.46. The van der Waals surface area contributed by atoms with Gasteiger partial charge in [-0.1, -0.05) is 20.3 Å². The molecule has 0 N–H and O–H groups in total. The van der Waals surface area contributed by atoms with Crippen molar-refractivity contribution in [3.63, 3.8) is 0 Å². The van der Waals surface area contributed by atoms with Crippen molar-refractivity contribution in [2.24, 2.45) is 5.92 Å². The summed E-state index contributed by atoms with van der Waals surface area (Å²) in [5.41, 5.74) is -0.299. The average molecular weight is 172 g/mol. The Morgan fingerprint density at radius 3 is 2.33 bits per heavy atom. The van der Waals surface area contributed by atoms with Gasteiger partial charge in [0.15, 0.2) is 0 Å². The zero-order valence-electron chi connectivity index (χ0n) is 8.59. The Balaban J connectivity index is 4.14. The van der Waals surface area contributed by atoms with Crippen LogP contribution in [0, 0.1) is 5.92 Å². The second kappa shape index (κ2) is 5.18. The molecule has 12 heavy (non-hydrogen) atoms. The van der Waals surface area contributed by atoms with E-state index in [0.717, 1.165) is 19.3 Å². The van der Waals surface area contributed by atoms with Gasteiger partial charge in [-0.15, -0.1) is 0 Å². The van der Waals surface area contributed by atoms with E-state index in [1.54, 1.807) is 0 Å². The Morgan fingerprint density at radius 2 is 2.00 bits per heavy atom. The Kier molecular flexibility index (Phi) is 4.95. The van der Waals surface area contributed by atoms with E-state index >= 15 is 0 Å². The Morgan fingerprint density at radius 1 is 1.42 bits per heavy atom. The van der Waals surface area contributed by atoms with Crippen LogP contribution in [0.15, 0.2) is 0 Å². The number of hydrogen-bond acceptors (Lipinski definition) is 2. The van der Waals surface area contributed by atoms with E-state index < -0.39 is 0 Å². The van der Waals surface area contributed by atoms with E-state index in [4.69, 9.17) is 4.74 Å². The lowest BCUT2D eigenvalue weighted by atomic mass is 9.85. The molecule has 0 heterocycles. The molecule has 0 saturated heterocycles. The number of carbonyl (C=O) groups is 1. The van der Waals surface area contributed by atoms with Gasteiger partial charge < -0.3 is 4.74 Å². The van der Waals surface area contributed by atoms with Gasteiger partial charge in [-0.25, -0.2) is 0 Å². The van der Waals surface area contributed by atoms with Crippen LogP contribution in [0.2, 0.25) is 0 Å². The van der Waals surface area contributed by atoms with Crippen molar-refractivity contribution in [1.82, 2.24) is 0 Å². The van der Waals surface area contributed by atoms with Gasteiger partial charge in [0.2, 0.25) is 0 Å². The first-order valence-electron chi connectivity index (χ1n) is 4.69. The lowest BCUT2D eigenvalue weighted by molar-refractivity contribution is -0.145. The molecule has 2 heteroatoms. The topological polar surface area (TPSA) is 26.3 Å². The highest BCUT2D eigenvalue weighted by molar-refractivity contribution is 5.38. The summed E-state index contributed by atoms with van der Waals surface area (Å²) in [6.07, 6.45) is 3.33. The van der Waals surface area contributed by atoms with Crippen LogP contribution in [0.3, 0.4) is 0 Å². The average Bonchev–Trinajstić information content (AvgIpc) is 1.99. The minimum Gasteiger partial charge on any atom is -0.462 e. The highest BCUT2D eigenvalue weighted by atomic mass is 16.5. The van der Waals surface area contributed by atoms with Crippen LogP contribution in [0.4, 0.5) is 0 Å². The molecule has 0 radical (unpaired) electrons. The first-order chi connectivity index (χ1) is 5.58. The Bertz CT molecular complexity index is 130. The quantitative estimate of drug-likeness (QED) is 0.576. The van der Waals surface area contributed by atoms with E-state index in [9.17, 15) is 4.79 Å². The monoisotopic (exact) mass is 172 g/mol. The fourth-order valence-corrected chi connectivity index (χ4v) is 1.61. The van der Waals surface area contributed by atoms with Crippen molar-refractivity contribution in [3.05, 3.63) is 0 Å². The zero-order valence-corrected chi connectivity index (χ0v) is 8.59. The van der Waals surface area contributed by atoms with Crippen molar-refractivity contribution < 1.29 is 9.53 Å². The van der Waals surface area contributed by atoms with Crippen LogP contribution >= 0.6 is 0 Å². The van der Waals surface area contributed by atoms with Crippen LogP contribution in [-0.4, -0.2) is 12.1 Å². The van der Waals surface area contributed by atoms with Crippen LogP contribution < -0.4 is 0 Å². The standard InChI is InChI=1S/C10H20O2/c1-5-7-9(6-2)10(3,4)12-8-11/h8-9H,5-7H2,1-4H3. The van der Waals surface area contributed by atoms with Gasteiger partial charge >= 0.3 is 0 Å². The fraction of sp³-hybridized carbons (Fsp3) is 0.900. The maximum Gasteiger partial charge on any atom is 0.293 e. The van der Waals surface area contributed by atoms with Gasteiger partial charge in [0.05, 0.1) is 0 Å². The summed E-state index contributed by atoms with van der Waals surface area (Å²) >= 11 is 0. The first-order valence-corrected chi connectivity index (χ1v) is 4.69. The largest absolute Gasteiger partial charge is 0.462 e. The highest BCUT2D eigenvalue weighted by Gasteiger charge is 2.28. The van der Waals surface area contributed by atoms with Crippen molar-refractivity contribution in [2.45, 2.75) is 52.6 Å². The fourth-order valence-electron chi connectivity index (χ4n) is 1.61. The summed E-state index contributed by atoms with van der Waals surface area (Å²) in [7, 11) is 0. The second-order valence-corrected chi connectivity index (χ2v) is 3.71. The third kappa shape index (κ3) is 3.24. The minimum absolute atomic E-state index is 0.299. The molecule has 1 unspecified atom stereocenters. The number of hydrogen-bond donors (Lipinski definition) is 0. The normalized spacial score (nSPS) is 14.0. The van der Waals surface area contributed by atoms with E-state index in [1.807, 2.05) is 13.8 Å². The molecule has 0 fully saturated rings. The molecule has 0 aromatic rings. The summed E-state index contributed by atoms with van der Waals surface area (Å²) in [6, 6.07) is 0. The van der Waals surface area contributed by atoms with Gasteiger partial charge in [0, 0.05) is 0 Å². The first kappa shape index (κ1) is 11.5. The molecule has 1 atom stereocenters. The summed E-state index contributed by atoms with van der Waals surface area (Å²) in [5, 5.41) is 0. The van der Waals surface area contributed by atoms with E-state index in [1.165, 1.54) is 0 Å². The van der Waals surface area contributed by atoms with Gasteiger partial charge in [0.1, 0.15) is 5.60 Å². The predicted molar refractivity (Wildman–Crippen MR) is 49.9 cm³/mol. The van der Waals surface area contributed by atoms with Gasteiger partial charge in [0.25, 0.3) is 6.47 Å². The number of carbonyl (C=O) groups excluding carboxylic acids is 1. The molecule has 2 nitrogen and oxygen atoms in total. The molecule has 0 aliphatic heterocycles. The molecular formula is C10H20O2. The predicted octanol–water partition coefficient (Wildman–Crippen LogP) is 2.76. The van der Waals surface area contributed by atoms with Crippen LogP contribution in [0.5, 0.6) is 0 Å². The maximum atomic E-state index is 10.2. The molecule has 0 amide bonds. The van der Waals surface area contributed by atoms with Gasteiger partial charge in [-0.3, -0.25) is 4.79 Å². The summed E-state index contributed by atoms with van der Waals surface area (Å²) in [6.45, 7) is 8.80. The lowest BCUT2D eigenvalue weighted by Crippen LogP contribution is -2.33. The van der Waals surface area contributed by atoms with E-state index in [0.29, 0.717) is 12.4 Å². The van der Waals surface area contributed by atoms with Crippen LogP contribution in [-0.2, 0) is 9.53 Å². The number of ether oxygens (including phenoxy) is 1. The SMILES string of the molecule is CCCC(CC)C(C)(C)OC=O. The highest BCUT2D eigenvalue weighted by Crippen LogP contribution is 2.27. The number of rotatable bonds is 6. The molecule has 0 aromatic heterocycles.